The second kappa shape index (κ2) is 7.70. The van der Waals surface area contributed by atoms with Gasteiger partial charge in [0, 0.05) is 24.5 Å². The molecule has 1 saturated heterocycles. The van der Waals surface area contributed by atoms with Crippen molar-refractivity contribution in [1.29, 1.82) is 0 Å². The van der Waals surface area contributed by atoms with Gasteiger partial charge in [0.15, 0.2) is 0 Å². The minimum atomic E-state index is 0.0569. The summed E-state index contributed by atoms with van der Waals surface area (Å²) in [6.45, 7) is 3.58. The predicted octanol–water partition coefficient (Wildman–Crippen LogP) is 2.83. The summed E-state index contributed by atoms with van der Waals surface area (Å²) in [7, 11) is 0. The number of piperidine rings is 1. The van der Waals surface area contributed by atoms with Gasteiger partial charge in [-0.1, -0.05) is 30.3 Å². The molecule has 5 nitrogen and oxygen atoms in total. The summed E-state index contributed by atoms with van der Waals surface area (Å²) in [4.78, 5) is 20.8. The lowest BCUT2D eigenvalue weighted by Gasteiger charge is -2.32. The molecule has 2 aromatic heterocycles. The molecule has 0 unspecified atom stereocenters. The molecule has 3 aromatic rings. The fraction of sp³-hybridized carbons (Fsp3) is 0.400. The van der Waals surface area contributed by atoms with Crippen LogP contribution in [0.2, 0.25) is 0 Å². The molecule has 0 spiro atoms. The van der Waals surface area contributed by atoms with Gasteiger partial charge in [-0.15, -0.1) is 11.3 Å². The van der Waals surface area contributed by atoms with Gasteiger partial charge in [0.25, 0.3) is 5.56 Å². The van der Waals surface area contributed by atoms with Crippen molar-refractivity contribution in [1.82, 2.24) is 14.5 Å². The molecule has 1 N–H and O–H groups in total. The van der Waals surface area contributed by atoms with Crippen molar-refractivity contribution in [3.05, 3.63) is 53.1 Å². The third-order valence-electron chi connectivity index (χ3n) is 5.04. The lowest BCUT2D eigenvalue weighted by molar-refractivity contribution is 0.132. The predicted molar refractivity (Wildman–Crippen MR) is 106 cm³/mol. The van der Waals surface area contributed by atoms with Crippen molar-refractivity contribution in [2.75, 3.05) is 26.2 Å². The topological polar surface area (TPSA) is 58.4 Å². The standard InChI is InChI=1S/C20H23N3O2S/c24-10-9-22-8-4-5-15(12-22)13-23-14-21-17-11-18(26-19(17)20(23)25)16-6-2-1-3-7-16/h1-3,6-7,11,14-15,24H,4-5,8-10,12-13H2/t15-/m0/s1. The maximum atomic E-state index is 12.9. The average Bonchev–Trinajstić information content (AvgIpc) is 3.11. The number of benzene rings is 1. The highest BCUT2D eigenvalue weighted by atomic mass is 32.1. The van der Waals surface area contributed by atoms with Crippen LogP contribution in [0.1, 0.15) is 12.8 Å². The molecule has 1 aromatic carbocycles. The maximum absolute atomic E-state index is 12.9. The van der Waals surface area contributed by atoms with Crippen LogP contribution < -0.4 is 5.56 Å². The number of nitrogens with zero attached hydrogens (tertiary/aromatic N) is 3. The first-order chi connectivity index (χ1) is 12.7. The van der Waals surface area contributed by atoms with E-state index >= 15 is 0 Å². The first-order valence-electron chi connectivity index (χ1n) is 9.12. The fourth-order valence-corrected chi connectivity index (χ4v) is 4.81. The highest BCUT2D eigenvalue weighted by Crippen LogP contribution is 2.30. The number of rotatable bonds is 5. The number of aromatic nitrogens is 2. The van der Waals surface area contributed by atoms with Gasteiger partial charge in [-0.05, 0) is 36.9 Å². The van der Waals surface area contributed by atoms with Crippen LogP contribution in [0, 0.1) is 5.92 Å². The number of hydrogen-bond acceptors (Lipinski definition) is 5. The van der Waals surface area contributed by atoms with Crippen molar-refractivity contribution < 1.29 is 5.11 Å². The molecule has 0 amide bonds. The molecule has 6 heteroatoms. The Hall–Kier alpha value is -2.02. The second-order valence-corrected chi connectivity index (χ2v) is 7.98. The Morgan fingerprint density at radius 3 is 2.92 bits per heavy atom. The Kier molecular flexibility index (Phi) is 5.15. The first kappa shape index (κ1) is 17.4. The van der Waals surface area contributed by atoms with E-state index in [0.29, 0.717) is 19.0 Å². The third kappa shape index (κ3) is 3.58. The SMILES string of the molecule is O=c1c2sc(-c3ccccc3)cc2ncn1C[C@H]1CCCN(CCO)C1. The van der Waals surface area contributed by atoms with Crippen LogP contribution in [-0.4, -0.2) is 45.8 Å². The normalized spacial score (nSPS) is 18.4. The van der Waals surface area contributed by atoms with Gasteiger partial charge in [0.1, 0.15) is 4.70 Å². The summed E-state index contributed by atoms with van der Waals surface area (Å²) in [6, 6.07) is 12.1. The smallest absolute Gasteiger partial charge is 0.271 e. The zero-order chi connectivity index (χ0) is 17.9. The fourth-order valence-electron chi connectivity index (χ4n) is 3.74. The van der Waals surface area contributed by atoms with E-state index in [-0.39, 0.29) is 12.2 Å². The third-order valence-corrected chi connectivity index (χ3v) is 6.20. The molecule has 3 heterocycles. The highest BCUT2D eigenvalue weighted by molar-refractivity contribution is 7.22. The summed E-state index contributed by atoms with van der Waals surface area (Å²) >= 11 is 1.52. The molecule has 1 aliphatic heterocycles. The van der Waals surface area contributed by atoms with Gasteiger partial charge in [-0.25, -0.2) is 4.98 Å². The molecule has 0 aliphatic carbocycles. The summed E-state index contributed by atoms with van der Waals surface area (Å²) in [6.07, 6.45) is 3.93. The van der Waals surface area contributed by atoms with Crippen LogP contribution in [0.15, 0.2) is 47.5 Å². The highest BCUT2D eigenvalue weighted by Gasteiger charge is 2.21. The molecule has 1 aliphatic rings. The van der Waals surface area contributed by atoms with Crippen molar-refractivity contribution in [3.8, 4) is 10.4 Å². The van der Waals surface area contributed by atoms with Gasteiger partial charge < -0.3 is 10.0 Å². The van der Waals surface area contributed by atoms with Gasteiger partial charge >= 0.3 is 0 Å². The second-order valence-electron chi connectivity index (χ2n) is 6.93. The number of β-amino-alcohol motifs (C(OH)–C–C–N with tert-alkyl or cyclic N) is 1. The van der Waals surface area contributed by atoms with E-state index in [0.717, 1.165) is 46.6 Å². The first-order valence-corrected chi connectivity index (χ1v) is 9.94. The number of hydrogen-bond donors (Lipinski definition) is 1. The van der Waals surface area contributed by atoms with Gasteiger partial charge in [-0.3, -0.25) is 9.36 Å². The number of likely N-dealkylation sites (tertiary alicyclic amines) is 1. The molecule has 4 rings (SSSR count). The Morgan fingerprint density at radius 1 is 1.27 bits per heavy atom. The van der Waals surface area contributed by atoms with Crippen LogP contribution in [0.5, 0.6) is 0 Å². The molecule has 26 heavy (non-hydrogen) atoms. The van der Waals surface area contributed by atoms with Crippen molar-refractivity contribution >= 4 is 21.6 Å². The monoisotopic (exact) mass is 369 g/mol. The van der Waals surface area contributed by atoms with Gasteiger partial charge in [0.2, 0.25) is 0 Å². The summed E-state index contributed by atoms with van der Waals surface area (Å²) in [5.74, 6) is 0.431. The molecule has 0 saturated carbocycles. The average molecular weight is 369 g/mol. The Morgan fingerprint density at radius 2 is 2.12 bits per heavy atom. The molecule has 0 bridgehead atoms. The van der Waals surface area contributed by atoms with E-state index in [1.807, 2.05) is 24.3 Å². The van der Waals surface area contributed by atoms with Gasteiger partial charge in [0.05, 0.1) is 18.5 Å². The Bertz CT molecular complexity index is 933. The number of aliphatic hydroxyl groups excluding tert-OH is 1. The largest absolute Gasteiger partial charge is 0.395 e. The van der Waals surface area contributed by atoms with E-state index in [1.165, 1.54) is 11.3 Å². The van der Waals surface area contributed by atoms with Crippen LogP contribution in [0.4, 0.5) is 0 Å². The summed E-state index contributed by atoms with van der Waals surface area (Å²) < 4.78 is 2.50. The van der Waals surface area contributed by atoms with E-state index in [1.54, 1.807) is 10.9 Å². The van der Waals surface area contributed by atoms with E-state index < -0.39 is 0 Å². The van der Waals surface area contributed by atoms with Crippen molar-refractivity contribution in [2.24, 2.45) is 5.92 Å². The van der Waals surface area contributed by atoms with Gasteiger partial charge in [-0.2, -0.15) is 0 Å². The Balaban J connectivity index is 1.59. The van der Waals surface area contributed by atoms with Crippen LogP contribution in [0.3, 0.4) is 0 Å². The van der Waals surface area contributed by atoms with Crippen LogP contribution >= 0.6 is 11.3 Å². The molecule has 136 valence electrons. The molecular weight excluding hydrogens is 346 g/mol. The van der Waals surface area contributed by atoms with Crippen LogP contribution in [-0.2, 0) is 6.54 Å². The zero-order valence-corrected chi connectivity index (χ0v) is 15.5. The number of aliphatic hydroxyl groups is 1. The van der Waals surface area contributed by atoms with Crippen molar-refractivity contribution in [2.45, 2.75) is 19.4 Å². The Labute approximate surface area is 156 Å². The van der Waals surface area contributed by atoms with E-state index in [9.17, 15) is 4.79 Å². The van der Waals surface area contributed by atoms with E-state index in [4.69, 9.17) is 5.11 Å². The quantitative estimate of drug-likeness (QED) is 0.751. The molecule has 1 atom stereocenters. The molecular formula is C20H23N3O2S. The number of fused-ring (bicyclic) bond motifs is 1. The summed E-state index contributed by atoms with van der Waals surface area (Å²) in [5.41, 5.74) is 1.95. The number of thiophene rings is 1. The molecule has 0 radical (unpaired) electrons. The van der Waals surface area contributed by atoms with Crippen molar-refractivity contribution in [3.63, 3.8) is 0 Å². The summed E-state index contributed by atoms with van der Waals surface area (Å²) in [5, 5.41) is 9.15. The lowest BCUT2D eigenvalue weighted by atomic mass is 9.98. The van der Waals surface area contributed by atoms with Crippen LogP contribution in [0.25, 0.3) is 20.7 Å². The van der Waals surface area contributed by atoms with E-state index in [2.05, 4.69) is 22.0 Å². The maximum Gasteiger partial charge on any atom is 0.271 e. The zero-order valence-electron chi connectivity index (χ0n) is 14.7. The minimum absolute atomic E-state index is 0.0569. The lowest BCUT2D eigenvalue weighted by Crippen LogP contribution is -2.39. The molecule has 1 fully saturated rings. The minimum Gasteiger partial charge on any atom is -0.395 e.